The van der Waals surface area contributed by atoms with E-state index in [2.05, 4.69) is 17.6 Å². The van der Waals surface area contributed by atoms with E-state index in [0.29, 0.717) is 19.3 Å². The number of carbonyl (C=O) groups is 3. The number of carboxylic acids is 1. The Labute approximate surface area is 174 Å². The van der Waals surface area contributed by atoms with E-state index in [1.807, 2.05) is 6.92 Å². The van der Waals surface area contributed by atoms with Gasteiger partial charge in [-0.25, -0.2) is 4.79 Å². The number of rotatable bonds is 17. The molecule has 0 aromatic rings. The molecule has 0 spiro atoms. The summed E-state index contributed by atoms with van der Waals surface area (Å²) in [7, 11) is 0. The Balaban J connectivity index is 4.72. The lowest BCUT2D eigenvalue weighted by Crippen LogP contribution is -2.58. The van der Waals surface area contributed by atoms with Gasteiger partial charge in [-0.05, 0) is 19.8 Å². The number of nitrogens with one attached hydrogen (secondary N) is 2. The fourth-order valence-corrected chi connectivity index (χ4v) is 3.04. The molecule has 0 aromatic heterocycles. The molecule has 0 rings (SSSR count). The number of carboxylic acid groups (broad SMARTS) is 1. The summed E-state index contributed by atoms with van der Waals surface area (Å²) in [5, 5.41) is 33.8. The van der Waals surface area contributed by atoms with Crippen molar-refractivity contribution in [2.45, 2.75) is 116 Å². The summed E-state index contributed by atoms with van der Waals surface area (Å²) < 4.78 is 0. The highest BCUT2D eigenvalue weighted by atomic mass is 16.4. The summed E-state index contributed by atoms with van der Waals surface area (Å²) >= 11 is 0. The molecule has 170 valence electrons. The van der Waals surface area contributed by atoms with E-state index >= 15 is 0 Å². The molecule has 0 saturated heterocycles. The van der Waals surface area contributed by atoms with Gasteiger partial charge in [0.05, 0.1) is 12.2 Å². The van der Waals surface area contributed by atoms with E-state index < -0.39 is 36.2 Å². The van der Waals surface area contributed by atoms with Gasteiger partial charge < -0.3 is 26.0 Å². The third-order valence-corrected chi connectivity index (χ3v) is 4.89. The zero-order chi connectivity index (χ0) is 22.2. The quantitative estimate of drug-likeness (QED) is 0.230. The van der Waals surface area contributed by atoms with Gasteiger partial charge in [-0.2, -0.15) is 0 Å². The minimum absolute atomic E-state index is 0.247. The van der Waals surface area contributed by atoms with Gasteiger partial charge in [0, 0.05) is 6.42 Å². The average molecular weight is 417 g/mol. The normalized spacial score (nSPS) is 15.2. The van der Waals surface area contributed by atoms with Crippen LogP contribution < -0.4 is 10.6 Å². The van der Waals surface area contributed by atoms with E-state index in [1.165, 1.54) is 26.2 Å². The Morgan fingerprint density at radius 3 is 1.86 bits per heavy atom. The molecule has 0 bridgehead atoms. The van der Waals surface area contributed by atoms with Crippen molar-refractivity contribution < 1.29 is 29.7 Å². The third kappa shape index (κ3) is 12.5. The number of aliphatic carboxylic acids is 1. The lowest BCUT2D eigenvalue weighted by molar-refractivity contribution is -0.145. The van der Waals surface area contributed by atoms with E-state index in [4.69, 9.17) is 5.11 Å². The fraction of sp³-hybridized carbons (Fsp3) is 0.857. The van der Waals surface area contributed by atoms with Gasteiger partial charge in [0.2, 0.25) is 11.8 Å². The first-order chi connectivity index (χ1) is 13.7. The maximum absolute atomic E-state index is 12.5. The van der Waals surface area contributed by atoms with E-state index in [0.717, 1.165) is 25.7 Å². The van der Waals surface area contributed by atoms with Gasteiger partial charge in [0.1, 0.15) is 6.04 Å². The summed E-state index contributed by atoms with van der Waals surface area (Å²) in [5.41, 5.74) is 0. The number of carbonyl (C=O) groups excluding carboxylic acids is 2. The fourth-order valence-electron chi connectivity index (χ4n) is 3.04. The van der Waals surface area contributed by atoms with Crippen LogP contribution in [0.1, 0.15) is 91.4 Å². The first-order valence-electron chi connectivity index (χ1n) is 10.9. The standard InChI is InChI=1S/C21H40N2O6/c1-4-6-8-9-10-11-12-14-17(26)22-19(16(25)13-7-5-2)20(27)23-18(15(3)24)21(28)29/h15-16,18-19,24-25H,4-14H2,1-3H3,(H,22,26)(H,23,27)(H,28,29). The van der Waals surface area contributed by atoms with Gasteiger partial charge in [-0.1, -0.05) is 65.2 Å². The molecule has 0 heterocycles. The molecule has 5 N–H and O–H groups in total. The molecule has 4 unspecified atom stereocenters. The molecule has 0 radical (unpaired) electrons. The van der Waals surface area contributed by atoms with Crippen molar-refractivity contribution in [3.05, 3.63) is 0 Å². The molecule has 8 nitrogen and oxygen atoms in total. The first-order valence-corrected chi connectivity index (χ1v) is 10.9. The van der Waals surface area contributed by atoms with Crippen LogP contribution in [0.2, 0.25) is 0 Å². The molecule has 29 heavy (non-hydrogen) atoms. The highest BCUT2D eigenvalue weighted by Gasteiger charge is 2.33. The van der Waals surface area contributed by atoms with Crippen molar-refractivity contribution in [3.8, 4) is 0 Å². The lowest BCUT2D eigenvalue weighted by Gasteiger charge is -2.26. The monoisotopic (exact) mass is 416 g/mol. The van der Waals surface area contributed by atoms with Gasteiger partial charge in [-0.15, -0.1) is 0 Å². The Hall–Kier alpha value is -1.67. The second-order valence-corrected chi connectivity index (χ2v) is 7.69. The van der Waals surface area contributed by atoms with Crippen molar-refractivity contribution in [1.29, 1.82) is 0 Å². The molecule has 0 aliphatic rings. The van der Waals surface area contributed by atoms with Crippen molar-refractivity contribution in [1.82, 2.24) is 10.6 Å². The van der Waals surface area contributed by atoms with Gasteiger partial charge >= 0.3 is 5.97 Å². The molecule has 0 fully saturated rings. The summed E-state index contributed by atoms with van der Waals surface area (Å²) in [6, 6.07) is -2.76. The van der Waals surface area contributed by atoms with Crippen molar-refractivity contribution in [3.63, 3.8) is 0 Å². The Morgan fingerprint density at radius 1 is 0.793 bits per heavy atom. The van der Waals surface area contributed by atoms with Crippen molar-refractivity contribution in [2.24, 2.45) is 0 Å². The molecule has 8 heteroatoms. The zero-order valence-corrected chi connectivity index (χ0v) is 18.2. The average Bonchev–Trinajstić information content (AvgIpc) is 2.66. The van der Waals surface area contributed by atoms with E-state index in [-0.39, 0.29) is 12.3 Å². The van der Waals surface area contributed by atoms with Crippen molar-refractivity contribution in [2.75, 3.05) is 0 Å². The van der Waals surface area contributed by atoms with Crippen LogP contribution in [0.5, 0.6) is 0 Å². The van der Waals surface area contributed by atoms with Crippen LogP contribution >= 0.6 is 0 Å². The van der Waals surface area contributed by atoms with Gasteiger partial charge in [0.25, 0.3) is 0 Å². The van der Waals surface area contributed by atoms with Crippen LogP contribution in [0, 0.1) is 0 Å². The molecule has 0 aliphatic heterocycles. The van der Waals surface area contributed by atoms with Crippen LogP contribution in [0.4, 0.5) is 0 Å². The van der Waals surface area contributed by atoms with Crippen LogP contribution in [-0.2, 0) is 14.4 Å². The lowest BCUT2D eigenvalue weighted by atomic mass is 10.0. The van der Waals surface area contributed by atoms with Crippen LogP contribution in [0.3, 0.4) is 0 Å². The highest BCUT2D eigenvalue weighted by molar-refractivity contribution is 5.91. The molecule has 0 aromatic carbocycles. The number of hydrogen-bond acceptors (Lipinski definition) is 5. The summed E-state index contributed by atoms with van der Waals surface area (Å²) in [6.07, 6.45) is 7.01. The molecule has 4 atom stereocenters. The highest BCUT2D eigenvalue weighted by Crippen LogP contribution is 2.10. The second-order valence-electron chi connectivity index (χ2n) is 7.69. The predicted octanol–water partition coefficient (Wildman–Crippen LogP) is 2.11. The smallest absolute Gasteiger partial charge is 0.328 e. The predicted molar refractivity (Wildman–Crippen MR) is 111 cm³/mol. The van der Waals surface area contributed by atoms with Gasteiger partial charge in [0.15, 0.2) is 6.04 Å². The molecular weight excluding hydrogens is 376 g/mol. The van der Waals surface area contributed by atoms with Crippen molar-refractivity contribution >= 4 is 17.8 Å². The third-order valence-electron chi connectivity index (χ3n) is 4.89. The van der Waals surface area contributed by atoms with Gasteiger partial charge in [-0.3, -0.25) is 9.59 Å². The first kappa shape index (κ1) is 27.3. The van der Waals surface area contributed by atoms with Crippen LogP contribution in [0.25, 0.3) is 0 Å². The van der Waals surface area contributed by atoms with E-state index in [1.54, 1.807) is 0 Å². The number of aliphatic hydroxyl groups is 2. The molecular formula is C21H40N2O6. The SMILES string of the molecule is CCCCCCCCCC(=O)NC(C(=O)NC(C(=O)O)C(C)O)C(O)CCCC. The minimum Gasteiger partial charge on any atom is -0.480 e. The largest absolute Gasteiger partial charge is 0.480 e. The summed E-state index contributed by atoms with van der Waals surface area (Å²) in [4.78, 5) is 36.0. The second kappa shape index (κ2) is 16.2. The van der Waals surface area contributed by atoms with Crippen LogP contribution in [0.15, 0.2) is 0 Å². The minimum atomic E-state index is -1.51. The van der Waals surface area contributed by atoms with Crippen LogP contribution in [-0.4, -0.2) is 57.4 Å². The Kier molecular flexibility index (Phi) is 15.2. The number of aliphatic hydroxyl groups excluding tert-OH is 2. The number of unbranched alkanes of at least 4 members (excludes halogenated alkanes) is 7. The number of hydrogen-bond donors (Lipinski definition) is 5. The zero-order valence-electron chi connectivity index (χ0n) is 18.2. The maximum atomic E-state index is 12.5. The Bertz CT molecular complexity index is 484. The Morgan fingerprint density at radius 2 is 1.34 bits per heavy atom. The molecule has 0 aliphatic carbocycles. The topological polar surface area (TPSA) is 136 Å². The molecule has 0 saturated carbocycles. The molecule has 2 amide bonds. The van der Waals surface area contributed by atoms with E-state index in [9.17, 15) is 24.6 Å². The summed E-state index contributed by atoms with van der Waals surface area (Å²) in [6.45, 7) is 5.35. The maximum Gasteiger partial charge on any atom is 0.328 e. The summed E-state index contributed by atoms with van der Waals surface area (Å²) in [5.74, 6) is -2.54. The number of amides is 2.